The lowest BCUT2D eigenvalue weighted by Gasteiger charge is -2.29. The van der Waals surface area contributed by atoms with Gasteiger partial charge in [-0.05, 0) is 25.5 Å². The molecule has 21 heavy (non-hydrogen) atoms. The molecule has 1 rings (SSSR count). The Labute approximate surface area is 126 Å². The summed E-state index contributed by atoms with van der Waals surface area (Å²) in [6.45, 7) is 1.59. The fourth-order valence-corrected chi connectivity index (χ4v) is 2.01. The first-order chi connectivity index (χ1) is 9.81. The number of amides is 2. The van der Waals surface area contributed by atoms with Crippen molar-refractivity contribution in [2.45, 2.75) is 18.9 Å². The second-order valence-corrected chi connectivity index (χ2v) is 5.23. The highest BCUT2D eigenvalue weighted by Gasteiger charge is 2.26. The van der Waals surface area contributed by atoms with Crippen LogP contribution >= 0.6 is 11.6 Å². The molecule has 3 N–H and O–H groups in total. The number of benzene rings is 1. The number of aliphatic hydroxyl groups excluding tert-OH is 1. The summed E-state index contributed by atoms with van der Waals surface area (Å²) >= 11 is 5.50. The normalized spacial score (nSPS) is 13.6. The molecule has 0 aliphatic rings. The third kappa shape index (κ3) is 5.11. The molecule has 118 valence electrons. The van der Waals surface area contributed by atoms with E-state index in [2.05, 4.69) is 10.6 Å². The molecule has 0 aliphatic carbocycles. The molecule has 8 heteroatoms. The van der Waals surface area contributed by atoms with E-state index in [1.54, 1.807) is 6.92 Å². The number of carbonyl (C=O) groups is 1. The minimum absolute atomic E-state index is 0.111. The summed E-state index contributed by atoms with van der Waals surface area (Å²) in [5, 5.41) is 13.5. The Morgan fingerprint density at radius 2 is 2.00 bits per heavy atom. The van der Waals surface area contributed by atoms with Crippen LogP contribution in [0.1, 0.15) is 13.3 Å². The highest BCUT2D eigenvalue weighted by molar-refractivity contribution is 6.30. The Balaban J connectivity index is 2.82. The average molecular weight is 323 g/mol. The van der Waals surface area contributed by atoms with Gasteiger partial charge in [-0.2, -0.15) is 0 Å². The quantitative estimate of drug-likeness (QED) is 0.753. The smallest absolute Gasteiger partial charge is 0.319 e. The lowest BCUT2D eigenvalue weighted by molar-refractivity contribution is 0.104. The van der Waals surface area contributed by atoms with Crippen molar-refractivity contribution in [3.63, 3.8) is 0 Å². The molecule has 0 aromatic heterocycles. The van der Waals surface area contributed by atoms with E-state index in [9.17, 15) is 13.6 Å². The van der Waals surface area contributed by atoms with Crippen molar-refractivity contribution >= 4 is 23.3 Å². The molecule has 1 aromatic carbocycles. The lowest BCUT2D eigenvalue weighted by Crippen LogP contribution is -2.51. The maximum absolute atomic E-state index is 13.6. The molecule has 0 aliphatic heterocycles. The van der Waals surface area contributed by atoms with Crippen molar-refractivity contribution in [3.8, 4) is 0 Å². The van der Waals surface area contributed by atoms with Crippen LogP contribution < -0.4 is 10.6 Å². The van der Waals surface area contributed by atoms with Crippen LogP contribution in [0.3, 0.4) is 0 Å². The van der Waals surface area contributed by atoms with Gasteiger partial charge in [0.25, 0.3) is 0 Å². The van der Waals surface area contributed by atoms with Crippen LogP contribution in [0.4, 0.5) is 19.3 Å². The van der Waals surface area contributed by atoms with Crippen molar-refractivity contribution in [2.24, 2.45) is 0 Å². The molecule has 0 heterocycles. The van der Waals surface area contributed by atoms with E-state index >= 15 is 0 Å². The molecular weight excluding hydrogens is 306 g/mol. The van der Waals surface area contributed by atoms with Gasteiger partial charge in [-0.1, -0.05) is 11.6 Å². The van der Waals surface area contributed by atoms with E-state index in [1.807, 2.05) is 0 Å². The molecule has 1 atom stereocenters. The maximum Gasteiger partial charge on any atom is 0.319 e. The van der Waals surface area contributed by atoms with E-state index in [1.165, 1.54) is 7.11 Å². The van der Waals surface area contributed by atoms with Gasteiger partial charge in [0, 0.05) is 18.7 Å². The third-order valence-electron chi connectivity index (χ3n) is 2.79. The van der Waals surface area contributed by atoms with Gasteiger partial charge in [-0.3, -0.25) is 0 Å². The number of rotatable bonds is 6. The van der Waals surface area contributed by atoms with Crippen LogP contribution in [0.2, 0.25) is 5.02 Å². The molecule has 0 bridgehead atoms. The zero-order chi connectivity index (χ0) is 16.0. The van der Waals surface area contributed by atoms with Gasteiger partial charge in [-0.25, -0.2) is 13.6 Å². The summed E-state index contributed by atoms with van der Waals surface area (Å²) < 4.78 is 32.1. The molecule has 0 spiro atoms. The Morgan fingerprint density at radius 3 is 2.48 bits per heavy atom. The number of urea groups is 1. The zero-order valence-electron chi connectivity index (χ0n) is 11.7. The van der Waals surface area contributed by atoms with Gasteiger partial charge in [0.1, 0.15) is 5.69 Å². The first-order valence-corrected chi connectivity index (χ1v) is 6.52. The number of nitrogens with one attached hydrogen (secondary N) is 2. The second-order valence-electron chi connectivity index (χ2n) is 4.79. The molecule has 0 radical (unpaired) electrons. The van der Waals surface area contributed by atoms with E-state index in [0.29, 0.717) is 0 Å². The predicted octanol–water partition coefficient (Wildman–Crippen LogP) is 2.53. The molecule has 5 nitrogen and oxygen atoms in total. The van der Waals surface area contributed by atoms with Crippen LogP contribution in [-0.4, -0.2) is 37.0 Å². The van der Waals surface area contributed by atoms with Crippen molar-refractivity contribution in [2.75, 3.05) is 25.6 Å². The van der Waals surface area contributed by atoms with E-state index in [4.69, 9.17) is 21.4 Å². The second kappa shape index (κ2) is 7.53. The largest absolute Gasteiger partial charge is 0.396 e. The highest BCUT2D eigenvalue weighted by Crippen LogP contribution is 2.23. The van der Waals surface area contributed by atoms with E-state index in [0.717, 1.165) is 12.1 Å². The van der Waals surface area contributed by atoms with Crippen molar-refractivity contribution in [3.05, 3.63) is 28.8 Å². The van der Waals surface area contributed by atoms with Gasteiger partial charge < -0.3 is 20.5 Å². The molecular formula is C13H17ClF2N2O3. The van der Waals surface area contributed by atoms with Crippen LogP contribution in [0.5, 0.6) is 0 Å². The lowest BCUT2D eigenvalue weighted by atomic mass is 10.00. The predicted molar refractivity (Wildman–Crippen MR) is 75.5 cm³/mol. The third-order valence-corrected chi connectivity index (χ3v) is 3.01. The van der Waals surface area contributed by atoms with Gasteiger partial charge in [-0.15, -0.1) is 0 Å². The minimum atomic E-state index is -0.981. The van der Waals surface area contributed by atoms with Gasteiger partial charge in [0.2, 0.25) is 0 Å². The zero-order valence-corrected chi connectivity index (χ0v) is 12.4. The topological polar surface area (TPSA) is 70.6 Å². The van der Waals surface area contributed by atoms with Crippen molar-refractivity contribution < 1.29 is 23.4 Å². The summed E-state index contributed by atoms with van der Waals surface area (Å²) in [6, 6.07) is 0.966. The fraction of sp³-hybridized carbons (Fsp3) is 0.462. The van der Waals surface area contributed by atoms with Crippen LogP contribution in [0.25, 0.3) is 0 Å². The minimum Gasteiger partial charge on any atom is -0.396 e. The van der Waals surface area contributed by atoms with Crippen molar-refractivity contribution in [1.29, 1.82) is 0 Å². The summed E-state index contributed by atoms with van der Waals surface area (Å²) in [5.41, 5.74) is -1.46. The van der Waals surface area contributed by atoms with Crippen LogP contribution in [-0.2, 0) is 4.74 Å². The van der Waals surface area contributed by atoms with Gasteiger partial charge >= 0.3 is 6.03 Å². The molecule has 0 fully saturated rings. The summed E-state index contributed by atoms with van der Waals surface area (Å²) in [7, 11) is 1.44. The fourth-order valence-electron chi connectivity index (χ4n) is 1.82. The number of ether oxygens (including phenoxy) is 1. The molecule has 1 aromatic rings. The van der Waals surface area contributed by atoms with E-state index in [-0.39, 0.29) is 24.7 Å². The van der Waals surface area contributed by atoms with E-state index < -0.39 is 28.9 Å². The monoisotopic (exact) mass is 322 g/mol. The summed E-state index contributed by atoms with van der Waals surface area (Å²) in [5.74, 6) is -1.96. The molecule has 2 amide bonds. The first kappa shape index (κ1) is 17.6. The standard InChI is InChI=1S/C13H17ClF2N2O3/c1-13(3-4-19,7-21-2)18-12(20)17-11-9(15)5-8(14)6-10(11)16/h5-6,19H,3-4,7H2,1-2H3,(H2,17,18,20). The number of anilines is 1. The maximum atomic E-state index is 13.6. The Kier molecular flexibility index (Phi) is 6.32. The van der Waals surface area contributed by atoms with Gasteiger partial charge in [0.05, 0.1) is 12.1 Å². The number of halogens is 3. The molecule has 0 saturated heterocycles. The Hall–Kier alpha value is -1.44. The number of hydrogen-bond donors (Lipinski definition) is 3. The summed E-state index contributed by atoms with van der Waals surface area (Å²) in [4.78, 5) is 11.8. The molecule has 0 saturated carbocycles. The number of carbonyl (C=O) groups excluding carboxylic acids is 1. The SMILES string of the molecule is COCC(C)(CCO)NC(=O)Nc1c(F)cc(Cl)cc1F. The Bertz CT molecular complexity index is 485. The average Bonchev–Trinajstić information content (AvgIpc) is 2.34. The number of aliphatic hydroxyl groups is 1. The van der Waals surface area contributed by atoms with Gasteiger partial charge in [0.15, 0.2) is 11.6 Å². The van der Waals surface area contributed by atoms with Crippen LogP contribution in [0.15, 0.2) is 12.1 Å². The number of hydrogen-bond acceptors (Lipinski definition) is 3. The highest BCUT2D eigenvalue weighted by atomic mass is 35.5. The first-order valence-electron chi connectivity index (χ1n) is 6.15. The van der Waals surface area contributed by atoms with Crippen molar-refractivity contribution in [1.82, 2.24) is 5.32 Å². The Morgan fingerprint density at radius 1 is 1.43 bits per heavy atom. The number of methoxy groups -OCH3 is 1. The van der Waals surface area contributed by atoms with Crippen LogP contribution in [0, 0.1) is 11.6 Å². The molecule has 1 unspecified atom stereocenters. The summed E-state index contributed by atoms with van der Waals surface area (Å²) in [6.07, 6.45) is 0.222.